The number of H-pyrrole nitrogens is 1. The van der Waals surface area contributed by atoms with Crippen LogP contribution in [0.15, 0.2) is 18.2 Å². The number of likely N-dealkylation sites (tertiary alicyclic amines) is 1. The first-order valence-corrected chi connectivity index (χ1v) is 8.67. The highest BCUT2D eigenvalue weighted by Gasteiger charge is 2.40. The third-order valence-corrected chi connectivity index (χ3v) is 5.77. The molecular weight excluding hydrogens is 272 g/mol. The first kappa shape index (κ1) is 14.3. The van der Waals surface area contributed by atoms with Gasteiger partial charge in [0.15, 0.2) is 0 Å². The molecule has 0 radical (unpaired) electrons. The highest BCUT2D eigenvalue weighted by molar-refractivity contribution is 5.89. The van der Waals surface area contributed by atoms with Crippen molar-refractivity contribution in [2.24, 2.45) is 5.92 Å². The lowest BCUT2D eigenvalue weighted by molar-refractivity contribution is 0.0571. The highest BCUT2D eigenvalue weighted by Crippen LogP contribution is 2.45. The average Bonchev–Trinajstić information content (AvgIpc) is 2.85. The molecule has 0 unspecified atom stereocenters. The number of aromatic nitrogens is 1. The van der Waals surface area contributed by atoms with Crippen molar-refractivity contribution in [2.75, 3.05) is 19.7 Å². The largest absolute Gasteiger partial charge is 0.396 e. The Morgan fingerprint density at radius 3 is 3.00 bits per heavy atom. The lowest BCUT2D eigenvalue weighted by Gasteiger charge is -2.47. The molecule has 1 aromatic heterocycles. The predicted molar refractivity (Wildman–Crippen MR) is 90.3 cm³/mol. The molecule has 118 valence electrons. The Morgan fingerprint density at radius 1 is 1.36 bits per heavy atom. The van der Waals surface area contributed by atoms with Crippen LogP contribution in [0.4, 0.5) is 0 Å². The maximum absolute atomic E-state index is 9.73. The molecule has 2 aliphatic rings. The molecule has 2 heterocycles. The number of hydrogen-bond acceptors (Lipinski definition) is 2. The zero-order valence-electron chi connectivity index (χ0n) is 13.6. The number of piperidine rings is 1. The topological polar surface area (TPSA) is 39.3 Å². The van der Waals surface area contributed by atoms with Crippen molar-refractivity contribution in [3.8, 4) is 0 Å². The quantitative estimate of drug-likeness (QED) is 0.913. The standard InChI is InChI=1S/C19H26N2O/c1-3-7-21-10-13(11-22)8-16-14-5-4-6-17-19(14)15(9-18(16)21)12(2)20-17/h4-6,13,16,18,20,22H,3,7-11H2,1-2H3/t13-,16-,18-/m1/s1. The van der Waals surface area contributed by atoms with E-state index < -0.39 is 0 Å². The van der Waals surface area contributed by atoms with Gasteiger partial charge in [-0.3, -0.25) is 4.90 Å². The zero-order chi connectivity index (χ0) is 15.3. The van der Waals surface area contributed by atoms with E-state index in [0.717, 1.165) is 25.9 Å². The van der Waals surface area contributed by atoms with Crippen molar-refractivity contribution in [3.05, 3.63) is 35.0 Å². The van der Waals surface area contributed by atoms with Gasteiger partial charge < -0.3 is 10.1 Å². The van der Waals surface area contributed by atoms with Gasteiger partial charge in [0.1, 0.15) is 0 Å². The van der Waals surface area contributed by atoms with Crippen LogP contribution in [0.1, 0.15) is 42.5 Å². The molecule has 0 bridgehead atoms. The molecule has 3 nitrogen and oxygen atoms in total. The fourth-order valence-electron chi connectivity index (χ4n) is 4.84. The summed E-state index contributed by atoms with van der Waals surface area (Å²) in [6.45, 7) is 6.99. The van der Waals surface area contributed by atoms with Gasteiger partial charge in [0.2, 0.25) is 0 Å². The SMILES string of the molecule is CCCN1C[C@H](CO)C[C@@H]2c3cccc4[nH]c(C)c(c34)C[C@H]21. The Kier molecular flexibility index (Phi) is 3.50. The van der Waals surface area contributed by atoms with Crippen LogP contribution in [0.2, 0.25) is 0 Å². The predicted octanol–water partition coefficient (Wildman–Crippen LogP) is 3.21. The van der Waals surface area contributed by atoms with Crippen LogP contribution in [0.25, 0.3) is 10.9 Å². The molecule has 0 amide bonds. The molecule has 4 rings (SSSR count). The van der Waals surface area contributed by atoms with Crippen molar-refractivity contribution in [1.82, 2.24) is 9.88 Å². The van der Waals surface area contributed by atoms with Crippen LogP contribution in [-0.4, -0.2) is 40.7 Å². The number of aryl methyl sites for hydroxylation is 1. The summed E-state index contributed by atoms with van der Waals surface area (Å²) < 4.78 is 0. The number of nitrogens with zero attached hydrogens (tertiary/aromatic N) is 1. The smallest absolute Gasteiger partial charge is 0.0471 e. The molecule has 1 aliphatic carbocycles. The zero-order valence-corrected chi connectivity index (χ0v) is 13.6. The maximum atomic E-state index is 9.73. The van der Waals surface area contributed by atoms with Crippen molar-refractivity contribution >= 4 is 10.9 Å². The molecule has 3 heteroatoms. The van der Waals surface area contributed by atoms with E-state index in [1.54, 1.807) is 0 Å². The van der Waals surface area contributed by atoms with Crippen molar-refractivity contribution in [2.45, 2.75) is 45.1 Å². The lowest BCUT2D eigenvalue weighted by atomic mass is 9.72. The number of aliphatic hydroxyl groups excluding tert-OH is 1. The molecule has 3 atom stereocenters. The monoisotopic (exact) mass is 298 g/mol. The van der Waals surface area contributed by atoms with Gasteiger partial charge in [-0.15, -0.1) is 0 Å². The molecule has 1 aliphatic heterocycles. The number of fused-ring (bicyclic) bond motifs is 2. The van der Waals surface area contributed by atoms with Crippen LogP contribution < -0.4 is 0 Å². The highest BCUT2D eigenvalue weighted by atomic mass is 16.3. The van der Waals surface area contributed by atoms with E-state index in [0.29, 0.717) is 24.5 Å². The third kappa shape index (κ3) is 2.03. The second kappa shape index (κ2) is 5.39. The van der Waals surface area contributed by atoms with E-state index in [2.05, 4.69) is 41.9 Å². The fourth-order valence-corrected chi connectivity index (χ4v) is 4.84. The third-order valence-electron chi connectivity index (χ3n) is 5.77. The van der Waals surface area contributed by atoms with Gasteiger partial charge in [-0.2, -0.15) is 0 Å². The van der Waals surface area contributed by atoms with Crippen LogP contribution >= 0.6 is 0 Å². The Hall–Kier alpha value is -1.32. The van der Waals surface area contributed by atoms with Crippen LogP contribution in [-0.2, 0) is 6.42 Å². The van der Waals surface area contributed by atoms with Crippen LogP contribution in [0, 0.1) is 12.8 Å². The Morgan fingerprint density at radius 2 is 2.23 bits per heavy atom. The minimum atomic E-state index is 0.318. The summed E-state index contributed by atoms with van der Waals surface area (Å²) in [6, 6.07) is 7.31. The number of benzene rings is 1. The normalized spacial score (nSPS) is 28.0. The van der Waals surface area contributed by atoms with E-state index in [1.165, 1.54) is 34.1 Å². The minimum Gasteiger partial charge on any atom is -0.396 e. The summed E-state index contributed by atoms with van der Waals surface area (Å²) >= 11 is 0. The molecule has 0 spiro atoms. The summed E-state index contributed by atoms with van der Waals surface area (Å²) in [4.78, 5) is 6.21. The molecule has 2 N–H and O–H groups in total. The van der Waals surface area contributed by atoms with E-state index in [9.17, 15) is 5.11 Å². The van der Waals surface area contributed by atoms with Gasteiger partial charge in [-0.25, -0.2) is 0 Å². The molecular formula is C19H26N2O. The van der Waals surface area contributed by atoms with Crippen LogP contribution in [0.5, 0.6) is 0 Å². The average molecular weight is 298 g/mol. The number of rotatable bonds is 3. The minimum absolute atomic E-state index is 0.318. The number of nitrogens with one attached hydrogen (secondary N) is 1. The lowest BCUT2D eigenvalue weighted by Crippen LogP contribution is -2.50. The van der Waals surface area contributed by atoms with Gasteiger partial charge in [-0.1, -0.05) is 19.1 Å². The number of aromatic amines is 1. The van der Waals surface area contributed by atoms with Gasteiger partial charge in [0.05, 0.1) is 0 Å². The first-order chi connectivity index (χ1) is 10.7. The Labute approximate surface area is 132 Å². The second-order valence-corrected chi connectivity index (χ2v) is 7.16. The van der Waals surface area contributed by atoms with Crippen molar-refractivity contribution in [3.63, 3.8) is 0 Å². The van der Waals surface area contributed by atoms with E-state index in [-0.39, 0.29) is 0 Å². The summed E-state index contributed by atoms with van der Waals surface area (Å²) in [7, 11) is 0. The van der Waals surface area contributed by atoms with Gasteiger partial charge in [-0.05, 0) is 55.8 Å². The summed E-state index contributed by atoms with van der Waals surface area (Å²) in [5.74, 6) is 0.994. The van der Waals surface area contributed by atoms with Crippen LogP contribution in [0.3, 0.4) is 0 Å². The number of hydrogen-bond donors (Lipinski definition) is 2. The first-order valence-electron chi connectivity index (χ1n) is 8.67. The molecule has 1 fully saturated rings. The summed E-state index contributed by atoms with van der Waals surface area (Å²) in [6.07, 6.45) is 3.47. The van der Waals surface area contributed by atoms with Gasteiger partial charge in [0, 0.05) is 41.7 Å². The van der Waals surface area contributed by atoms with Crippen molar-refractivity contribution < 1.29 is 5.11 Å². The number of aliphatic hydroxyl groups is 1. The Balaban J connectivity index is 1.83. The fraction of sp³-hybridized carbons (Fsp3) is 0.579. The van der Waals surface area contributed by atoms with E-state index in [4.69, 9.17) is 0 Å². The maximum Gasteiger partial charge on any atom is 0.0471 e. The van der Waals surface area contributed by atoms with Crippen molar-refractivity contribution in [1.29, 1.82) is 0 Å². The molecule has 22 heavy (non-hydrogen) atoms. The van der Waals surface area contributed by atoms with Gasteiger partial charge >= 0.3 is 0 Å². The second-order valence-electron chi connectivity index (χ2n) is 7.16. The molecule has 1 aromatic carbocycles. The summed E-state index contributed by atoms with van der Waals surface area (Å²) in [5, 5.41) is 11.2. The van der Waals surface area contributed by atoms with E-state index >= 15 is 0 Å². The molecule has 1 saturated heterocycles. The Bertz CT molecular complexity index is 690. The summed E-state index contributed by atoms with van der Waals surface area (Å²) in [5.41, 5.74) is 5.65. The molecule has 0 saturated carbocycles. The van der Waals surface area contributed by atoms with E-state index in [1.807, 2.05) is 0 Å². The van der Waals surface area contributed by atoms with Gasteiger partial charge in [0.25, 0.3) is 0 Å². The molecule has 2 aromatic rings.